The maximum atomic E-state index is 6.04. The maximum absolute atomic E-state index is 6.04. The molecular formula is C10H22Cl2N2O. The fourth-order valence-electron chi connectivity index (χ4n) is 2.45. The third kappa shape index (κ3) is 4.08. The first-order valence-corrected chi connectivity index (χ1v) is 5.45. The number of piperidine rings is 1. The average molecular weight is 257 g/mol. The van der Waals surface area contributed by atoms with Crippen molar-refractivity contribution < 1.29 is 4.74 Å². The Morgan fingerprint density at radius 3 is 2.33 bits per heavy atom. The number of likely N-dealkylation sites (tertiary alicyclic amines) is 1. The SMILES string of the molecule is Cl.Cl.N[C@H]1COCC[C@@H]1N1CCCCC1. The van der Waals surface area contributed by atoms with E-state index in [1.54, 1.807) is 0 Å². The van der Waals surface area contributed by atoms with Crippen LogP contribution in [0.5, 0.6) is 0 Å². The highest BCUT2D eigenvalue weighted by atomic mass is 35.5. The minimum Gasteiger partial charge on any atom is -0.380 e. The Morgan fingerprint density at radius 1 is 1.07 bits per heavy atom. The van der Waals surface area contributed by atoms with Crippen molar-refractivity contribution in [1.82, 2.24) is 4.90 Å². The van der Waals surface area contributed by atoms with Crippen LogP contribution in [0.1, 0.15) is 25.7 Å². The Kier molecular flexibility index (Phi) is 7.92. The summed E-state index contributed by atoms with van der Waals surface area (Å²) < 4.78 is 5.35. The molecule has 92 valence electrons. The molecule has 3 nitrogen and oxygen atoms in total. The van der Waals surface area contributed by atoms with Crippen LogP contribution in [0.2, 0.25) is 0 Å². The first-order chi connectivity index (χ1) is 6.38. The number of ether oxygens (including phenoxy) is 1. The van der Waals surface area contributed by atoms with E-state index in [0.29, 0.717) is 6.04 Å². The number of hydrogen-bond acceptors (Lipinski definition) is 3. The number of hydrogen-bond donors (Lipinski definition) is 1. The van der Waals surface area contributed by atoms with E-state index in [1.807, 2.05) is 0 Å². The summed E-state index contributed by atoms with van der Waals surface area (Å²) in [6.45, 7) is 4.15. The Morgan fingerprint density at radius 2 is 1.73 bits per heavy atom. The fraction of sp³-hybridized carbons (Fsp3) is 1.00. The van der Waals surface area contributed by atoms with E-state index in [4.69, 9.17) is 10.5 Å². The molecule has 0 aromatic carbocycles. The topological polar surface area (TPSA) is 38.5 Å². The van der Waals surface area contributed by atoms with Crippen molar-refractivity contribution in [2.24, 2.45) is 5.73 Å². The van der Waals surface area contributed by atoms with Crippen LogP contribution in [0.4, 0.5) is 0 Å². The first kappa shape index (κ1) is 15.5. The molecule has 0 amide bonds. The van der Waals surface area contributed by atoms with Crippen LogP contribution in [0, 0.1) is 0 Å². The van der Waals surface area contributed by atoms with Gasteiger partial charge in [0.15, 0.2) is 0 Å². The molecule has 0 aromatic heterocycles. The third-order valence-electron chi connectivity index (χ3n) is 3.22. The van der Waals surface area contributed by atoms with Crippen molar-refractivity contribution in [3.63, 3.8) is 0 Å². The highest BCUT2D eigenvalue weighted by molar-refractivity contribution is 5.85. The molecule has 2 aliphatic heterocycles. The highest BCUT2D eigenvalue weighted by Gasteiger charge is 2.28. The predicted molar refractivity (Wildman–Crippen MR) is 67.1 cm³/mol. The van der Waals surface area contributed by atoms with Crippen LogP contribution in [-0.2, 0) is 4.74 Å². The van der Waals surface area contributed by atoms with Crippen LogP contribution < -0.4 is 5.73 Å². The minimum absolute atomic E-state index is 0. The van der Waals surface area contributed by atoms with Gasteiger partial charge >= 0.3 is 0 Å². The summed E-state index contributed by atoms with van der Waals surface area (Å²) in [7, 11) is 0. The predicted octanol–water partition coefficient (Wildman–Crippen LogP) is 1.43. The molecule has 0 unspecified atom stereocenters. The van der Waals surface area contributed by atoms with Crippen molar-refractivity contribution in [1.29, 1.82) is 0 Å². The van der Waals surface area contributed by atoms with E-state index in [9.17, 15) is 0 Å². The van der Waals surface area contributed by atoms with Gasteiger partial charge in [-0.1, -0.05) is 6.42 Å². The highest BCUT2D eigenvalue weighted by Crippen LogP contribution is 2.18. The normalized spacial score (nSPS) is 32.6. The average Bonchev–Trinajstić information content (AvgIpc) is 2.20. The number of rotatable bonds is 1. The Balaban J connectivity index is 0.000000980. The summed E-state index contributed by atoms with van der Waals surface area (Å²) in [5.74, 6) is 0. The van der Waals surface area contributed by atoms with E-state index in [-0.39, 0.29) is 30.9 Å². The van der Waals surface area contributed by atoms with Gasteiger partial charge in [0, 0.05) is 18.7 Å². The molecule has 2 heterocycles. The van der Waals surface area contributed by atoms with Crippen molar-refractivity contribution in [2.75, 3.05) is 26.3 Å². The lowest BCUT2D eigenvalue weighted by Crippen LogP contribution is -2.54. The van der Waals surface area contributed by atoms with Crippen LogP contribution >= 0.6 is 24.8 Å². The minimum atomic E-state index is 0. The smallest absolute Gasteiger partial charge is 0.0632 e. The Hall–Kier alpha value is 0.460. The summed E-state index contributed by atoms with van der Waals surface area (Å²) in [6, 6.07) is 0.834. The van der Waals surface area contributed by atoms with Crippen molar-refractivity contribution >= 4 is 24.8 Å². The van der Waals surface area contributed by atoms with Gasteiger partial charge < -0.3 is 10.5 Å². The summed E-state index contributed by atoms with van der Waals surface area (Å²) in [4.78, 5) is 2.57. The number of halogens is 2. The summed E-state index contributed by atoms with van der Waals surface area (Å²) >= 11 is 0. The summed E-state index contributed by atoms with van der Waals surface area (Å²) in [6.07, 6.45) is 5.23. The molecule has 0 aliphatic carbocycles. The molecule has 0 spiro atoms. The van der Waals surface area contributed by atoms with E-state index < -0.39 is 0 Å². The molecule has 2 saturated heterocycles. The number of nitrogens with zero attached hydrogens (tertiary/aromatic N) is 1. The van der Waals surface area contributed by atoms with Gasteiger partial charge in [-0.15, -0.1) is 24.8 Å². The maximum Gasteiger partial charge on any atom is 0.0632 e. The lowest BCUT2D eigenvalue weighted by Gasteiger charge is -2.40. The fourth-order valence-corrected chi connectivity index (χ4v) is 2.45. The van der Waals surface area contributed by atoms with Crippen LogP contribution in [0.3, 0.4) is 0 Å². The van der Waals surface area contributed by atoms with E-state index in [0.717, 1.165) is 19.6 Å². The molecule has 5 heteroatoms. The standard InChI is InChI=1S/C10H20N2O.2ClH/c11-9-8-13-7-4-10(9)12-5-2-1-3-6-12;;/h9-10H,1-8,11H2;2*1H/t9-,10-;;/m0../s1. The van der Waals surface area contributed by atoms with Gasteiger partial charge in [0.1, 0.15) is 0 Å². The second-order valence-electron chi connectivity index (χ2n) is 4.19. The second kappa shape index (κ2) is 7.69. The third-order valence-corrected chi connectivity index (χ3v) is 3.22. The molecule has 15 heavy (non-hydrogen) atoms. The van der Waals surface area contributed by atoms with Gasteiger partial charge in [0.05, 0.1) is 6.61 Å². The first-order valence-electron chi connectivity index (χ1n) is 5.45. The molecule has 0 saturated carbocycles. The van der Waals surface area contributed by atoms with Crippen LogP contribution in [0.15, 0.2) is 0 Å². The van der Waals surface area contributed by atoms with Gasteiger partial charge in [-0.3, -0.25) is 4.90 Å². The molecule has 2 N–H and O–H groups in total. The lowest BCUT2D eigenvalue weighted by molar-refractivity contribution is 0.0115. The molecule has 0 aromatic rings. The lowest BCUT2D eigenvalue weighted by atomic mass is 9.99. The van der Waals surface area contributed by atoms with E-state index >= 15 is 0 Å². The Labute approximate surface area is 105 Å². The second-order valence-corrected chi connectivity index (χ2v) is 4.19. The van der Waals surface area contributed by atoms with Crippen molar-refractivity contribution in [2.45, 2.75) is 37.8 Å². The molecule has 0 radical (unpaired) electrons. The Bertz CT molecular complexity index is 166. The van der Waals surface area contributed by atoms with E-state index in [1.165, 1.54) is 32.4 Å². The van der Waals surface area contributed by atoms with Gasteiger partial charge in [0.25, 0.3) is 0 Å². The monoisotopic (exact) mass is 256 g/mol. The molecule has 2 fully saturated rings. The van der Waals surface area contributed by atoms with Crippen LogP contribution in [-0.4, -0.2) is 43.3 Å². The molecule has 2 atom stereocenters. The molecule has 0 bridgehead atoms. The zero-order valence-corrected chi connectivity index (χ0v) is 10.7. The van der Waals surface area contributed by atoms with Crippen molar-refractivity contribution in [3.05, 3.63) is 0 Å². The summed E-state index contributed by atoms with van der Waals surface area (Å²) in [5.41, 5.74) is 6.04. The molecule has 2 rings (SSSR count). The van der Waals surface area contributed by atoms with Crippen LogP contribution in [0.25, 0.3) is 0 Å². The van der Waals surface area contributed by atoms with E-state index in [2.05, 4.69) is 4.90 Å². The summed E-state index contributed by atoms with van der Waals surface area (Å²) in [5, 5.41) is 0. The quantitative estimate of drug-likeness (QED) is 0.772. The number of nitrogens with two attached hydrogens (primary N) is 1. The molecule has 2 aliphatic rings. The van der Waals surface area contributed by atoms with Gasteiger partial charge in [-0.2, -0.15) is 0 Å². The zero-order valence-electron chi connectivity index (χ0n) is 9.06. The van der Waals surface area contributed by atoms with Gasteiger partial charge in [-0.05, 0) is 32.4 Å². The van der Waals surface area contributed by atoms with Gasteiger partial charge in [-0.25, -0.2) is 0 Å². The molecular weight excluding hydrogens is 235 g/mol. The zero-order chi connectivity index (χ0) is 9.10. The largest absolute Gasteiger partial charge is 0.380 e. The van der Waals surface area contributed by atoms with Crippen molar-refractivity contribution in [3.8, 4) is 0 Å². The van der Waals surface area contributed by atoms with Gasteiger partial charge in [0.2, 0.25) is 0 Å².